The number of hydrogen-bond donors (Lipinski definition) is 0. The summed E-state index contributed by atoms with van der Waals surface area (Å²) in [6.45, 7) is 13.8. The summed E-state index contributed by atoms with van der Waals surface area (Å²) in [4.78, 5) is 4.65. The first-order valence-electron chi connectivity index (χ1n) is 13.9. The van der Waals surface area contributed by atoms with Crippen LogP contribution < -0.4 is 9.80 Å². The van der Waals surface area contributed by atoms with Crippen molar-refractivity contribution in [3.63, 3.8) is 0 Å². The van der Waals surface area contributed by atoms with E-state index in [1.165, 1.54) is 25.9 Å². The highest BCUT2D eigenvalue weighted by atomic mass is 16.5. The van der Waals surface area contributed by atoms with Crippen LogP contribution in [0, 0.1) is 22.7 Å². The Kier molecular flexibility index (Phi) is 8.26. The van der Waals surface area contributed by atoms with Crippen LogP contribution in [0.25, 0.3) is 6.08 Å². The summed E-state index contributed by atoms with van der Waals surface area (Å²) in [6.07, 6.45) is 9.70. The van der Waals surface area contributed by atoms with Gasteiger partial charge >= 0.3 is 0 Å². The third-order valence-corrected chi connectivity index (χ3v) is 8.12. The molecule has 2 aromatic carbocycles. The molecule has 0 fully saturated rings. The molecule has 0 N–H and O–H groups in total. The zero-order chi connectivity index (χ0) is 29.1. The fourth-order valence-corrected chi connectivity index (χ4v) is 5.51. The van der Waals surface area contributed by atoms with E-state index in [-0.39, 0.29) is 5.57 Å². The van der Waals surface area contributed by atoms with E-state index in [9.17, 15) is 0 Å². The molecule has 40 heavy (non-hydrogen) atoms. The Labute approximate surface area is 240 Å². The molecule has 0 radical (unpaired) electrons. The van der Waals surface area contributed by atoms with Crippen molar-refractivity contribution in [2.75, 3.05) is 37.0 Å². The summed E-state index contributed by atoms with van der Waals surface area (Å²) in [5.74, 6) is 1.24. The van der Waals surface area contributed by atoms with Crippen LogP contribution in [0.15, 0.2) is 83.4 Å². The molecule has 0 saturated carbocycles. The summed E-state index contributed by atoms with van der Waals surface area (Å²) >= 11 is 0. The second kappa shape index (κ2) is 11.5. The molecular formula is C35H40N4O. The maximum atomic E-state index is 8.98. The highest BCUT2D eigenvalue weighted by Gasteiger charge is 2.39. The first-order chi connectivity index (χ1) is 18.9. The number of anilines is 2. The molecule has 206 valence electrons. The van der Waals surface area contributed by atoms with E-state index in [4.69, 9.17) is 15.3 Å². The van der Waals surface area contributed by atoms with E-state index in [1.54, 1.807) is 35.9 Å². The summed E-state index contributed by atoms with van der Waals surface area (Å²) in [6, 6.07) is 18.8. The highest BCUT2D eigenvalue weighted by Crippen LogP contribution is 2.48. The Morgan fingerprint density at radius 3 is 1.98 bits per heavy atom. The van der Waals surface area contributed by atoms with Crippen molar-refractivity contribution in [3.05, 3.63) is 100 Å². The summed E-state index contributed by atoms with van der Waals surface area (Å²) < 4.78 is 5.61. The van der Waals surface area contributed by atoms with E-state index < -0.39 is 0 Å². The number of allylic oxidation sites excluding steroid dienone is 6. The summed E-state index contributed by atoms with van der Waals surface area (Å²) in [5, 5.41) is 18.0. The lowest BCUT2D eigenvalue weighted by Crippen LogP contribution is -2.44. The topological polar surface area (TPSA) is 63.3 Å². The summed E-state index contributed by atoms with van der Waals surface area (Å²) in [7, 11) is 3.99. The van der Waals surface area contributed by atoms with E-state index >= 15 is 0 Å². The lowest BCUT2D eigenvalue weighted by molar-refractivity contribution is 0.318. The fraction of sp³-hybridized carbons (Fsp3) is 0.371. The number of hydrogen-bond acceptors (Lipinski definition) is 5. The number of ether oxygens (including phenoxy) is 1. The van der Waals surface area contributed by atoms with Crippen LogP contribution in [0.2, 0.25) is 0 Å². The quantitative estimate of drug-likeness (QED) is 0.378. The van der Waals surface area contributed by atoms with Gasteiger partial charge in [0.15, 0.2) is 0 Å². The Morgan fingerprint density at radius 2 is 1.45 bits per heavy atom. The molecule has 5 heteroatoms. The molecule has 3 aliphatic heterocycles. The minimum atomic E-state index is 0.0777. The van der Waals surface area contributed by atoms with Crippen molar-refractivity contribution < 1.29 is 4.74 Å². The van der Waals surface area contributed by atoms with Gasteiger partial charge in [-0.3, -0.25) is 0 Å². The van der Waals surface area contributed by atoms with Crippen molar-refractivity contribution in [1.82, 2.24) is 0 Å². The standard InChI is InChI=1S/C19H17N3O.C16H23N/c1-14-10-16(17(12-20)13-21)11-19(23-14)9-6-15-4-7-18(8-5-15)22(2)3;1-15(2)8-10-17-11-9-16(3,4)13-7-5-6-12(15)14(13)17/h4-11H,1-3H3;5-7H,8-11H2,1-4H3. The molecule has 0 bridgehead atoms. The van der Waals surface area contributed by atoms with Gasteiger partial charge in [-0.25, -0.2) is 0 Å². The predicted octanol–water partition coefficient (Wildman–Crippen LogP) is 7.78. The molecule has 2 aromatic rings. The predicted molar refractivity (Wildman–Crippen MR) is 165 cm³/mol. The molecule has 0 aliphatic carbocycles. The summed E-state index contributed by atoms with van der Waals surface area (Å²) in [5.41, 5.74) is 8.19. The van der Waals surface area contributed by atoms with Gasteiger partial charge in [-0.15, -0.1) is 0 Å². The van der Waals surface area contributed by atoms with Crippen LogP contribution >= 0.6 is 0 Å². The molecule has 0 amide bonds. The van der Waals surface area contributed by atoms with E-state index in [0.29, 0.717) is 27.9 Å². The lowest BCUT2D eigenvalue weighted by Gasteiger charge is -2.48. The number of para-hydroxylation sites is 1. The number of nitriles is 2. The largest absolute Gasteiger partial charge is 0.462 e. The Bertz CT molecular complexity index is 1420. The third-order valence-electron chi connectivity index (χ3n) is 8.12. The van der Waals surface area contributed by atoms with Gasteiger partial charge in [0.1, 0.15) is 29.2 Å². The van der Waals surface area contributed by atoms with E-state index in [2.05, 4.69) is 50.8 Å². The van der Waals surface area contributed by atoms with Crippen LogP contribution in [0.4, 0.5) is 11.4 Å². The first-order valence-corrected chi connectivity index (χ1v) is 13.9. The fourth-order valence-electron chi connectivity index (χ4n) is 5.51. The minimum Gasteiger partial charge on any atom is -0.462 e. The Balaban J connectivity index is 0.000000192. The highest BCUT2D eigenvalue weighted by molar-refractivity contribution is 5.67. The molecule has 0 unspecified atom stereocenters. The van der Waals surface area contributed by atoms with Crippen molar-refractivity contribution in [3.8, 4) is 12.1 Å². The molecule has 0 aromatic heterocycles. The van der Waals surface area contributed by atoms with Gasteiger partial charge < -0.3 is 14.5 Å². The smallest absolute Gasteiger partial charge is 0.137 e. The molecule has 5 rings (SSSR count). The zero-order valence-corrected chi connectivity index (χ0v) is 24.9. The van der Waals surface area contributed by atoms with Gasteiger partial charge in [-0.2, -0.15) is 10.5 Å². The number of rotatable bonds is 3. The van der Waals surface area contributed by atoms with Crippen LogP contribution in [-0.4, -0.2) is 27.2 Å². The molecule has 0 saturated heterocycles. The second-order valence-corrected chi connectivity index (χ2v) is 12.2. The first kappa shape index (κ1) is 28.8. The second-order valence-electron chi connectivity index (χ2n) is 12.2. The molecular weight excluding hydrogens is 492 g/mol. The van der Waals surface area contributed by atoms with Crippen molar-refractivity contribution in [2.24, 2.45) is 0 Å². The maximum Gasteiger partial charge on any atom is 0.137 e. The number of nitrogens with zero attached hydrogens (tertiary/aromatic N) is 4. The van der Waals surface area contributed by atoms with Gasteiger partial charge in [-0.1, -0.05) is 64.1 Å². The van der Waals surface area contributed by atoms with Crippen LogP contribution in [-0.2, 0) is 15.6 Å². The molecule has 0 spiro atoms. The molecule has 0 atom stereocenters. The van der Waals surface area contributed by atoms with Crippen LogP contribution in [0.1, 0.15) is 64.2 Å². The molecule has 5 nitrogen and oxygen atoms in total. The monoisotopic (exact) mass is 532 g/mol. The van der Waals surface area contributed by atoms with Crippen LogP contribution in [0.5, 0.6) is 0 Å². The van der Waals surface area contributed by atoms with Crippen LogP contribution in [0.3, 0.4) is 0 Å². The normalized spacial score (nSPS) is 18.1. The minimum absolute atomic E-state index is 0.0777. The van der Waals surface area contributed by atoms with Gasteiger partial charge in [0.25, 0.3) is 0 Å². The van der Waals surface area contributed by atoms with Gasteiger partial charge in [0, 0.05) is 44.1 Å². The van der Waals surface area contributed by atoms with Crippen molar-refractivity contribution in [1.29, 1.82) is 10.5 Å². The maximum absolute atomic E-state index is 8.98. The number of benzene rings is 2. The Morgan fingerprint density at radius 1 is 0.875 bits per heavy atom. The van der Waals surface area contributed by atoms with Crippen molar-refractivity contribution in [2.45, 2.75) is 58.3 Å². The SMILES string of the molecule is CC1(C)CCN2CCC(C)(C)c3cccc1c32.CC1=CC(=C(C#N)C#N)C=C(C=Cc2ccc(N(C)C)cc2)O1. The molecule has 3 heterocycles. The van der Waals surface area contributed by atoms with Gasteiger partial charge in [-0.05, 0) is 77.6 Å². The average Bonchev–Trinajstić information content (AvgIpc) is 2.92. The Hall–Kier alpha value is -4.22. The van der Waals surface area contributed by atoms with Gasteiger partial charge in [0.2, 0.25) is 0 Å². The van der Waals surface area contributed by atoms with Crippen molar-refractivity contribution >= 4 is 17.5 Å². The average molecular weight is 533 g/mol. The lowest BCUT2D eigenvalue weighted by atomic mass is 9.70. The van der Waals surface area contributed by atoms with E-state index in [0.717, 1.165) is 11.3 Å². The van der Waals surface area contributed by atoms with Gasteiger partial charge in [0.05, 0.1) is 0 Å². The zero-order valence-electron chi connectivity index (χ0n) is 24.9. The third kappa shape index (κ3) is 6.16. The van der Waals surface area contributed by atoms with E-state index in [1.807, 2.05) is 67.6 Å². The molecule has 3 aliphatic rings.